The minimum Gasteiger partial charge on any atom is -0.391 e. The quantitative estimate of drug-likeness (QED) is 0.874. The van der Waals surface area contributed by atoms with Gasteiger partial charge in [0.2, 0.25) is 0 Å². The van der Waals surface area contributed by atoms with Crippen molar-refractivity contribution in [2.75, 3.05) is 18.1 Å². The molecule has 1 aromatic rings. The lowest BCUT2D eigenvalue weighted by molar-refractivity contribution is 0.339. The van der Waals surface area contributed by atoms with Crippen LogP contribution in [0, 0.1) is 0 Å². The lowest BCUT2D eigenvalue weighted by Crippen LogP contribution is -2.03. The first-order chi connectivity index (χ1) is 7.40. The zero-order chi connectivity index (χ0) is 10.5. The molecule has 0 aromatic heterocycles. The second kappa shape index (κ2) is 5.64. The summed E-state index contributed by atoms with van der Waals surface area (Å²) in [5.74, 6) is 2.29. The number of benzene rings is 1. The van der Waals surface area contributed by atoms with Gasteiger partial charge in [0.15, 0.2) is 0 Å². The van der Waals surface area contributed by atoms with Gasteiger partial charge in [-0.15, -0.1) is 23.5 Å². The number of rotatable bonds is 3. The Morgan fingerprint density at radius 1 is 1.00 bits per heavy atom. The van der Waals surface area contributed by atoms with Gasteiger partial charge in [0.25, 0.3) is 0 Å². The molecule has 0 fully saturated rings. The molecule has 15 heavy (non-hydrogen) atoms. The smallest absolute Gasteiger partial charge is 0.0748 e. The SMILES string of the molecule is OCC1=C(Cc2ccccc2)SCCS1. The van der Waals surface area contributed by atoms with E-state index in [2.05, 4.69) is 24.3 Å². The van der Waals surface area contributed by atoms with Crippen LogP contribution >= 0.6 is 23.5 Å². The lowest BCUT2D eigenvalue weighted by atomic mass is 10.1. The van der Waals surface area contributed by atoms with Gasteiger partial charge in [-0.2, -0.15) is 0 Å². The summed E-state index contributed by atoms with van der Waals surface area (Å²) in [5, 5.41) is 9.25. The maximum Gasteiger partial charge on any atom is 0.0748 e. The molecule has 1 aromatic carbocycles. The number of allylic oxidation sites excluding steroid dienone is 1. The van der Waals surface area contributed by atoms with Gasteiger partial charge in [-0.3, -0.25) is 0 Å². The van der Waals surface area contributed by atoms with Crippen molar-refractivity contribution in [3.63, 3.8) is 0 Å². The Labute approximate surface area is 99.0 Å². The molecule has 0 amide bonds. The highest BCUT2D eigenvalue weighted by Crippen LogP contribution is 2.35. The van der Waals surface area contributed by atoms with Crippen molar-refractivity contribution in [1.82, 2.24) is 0 Å². The lowest BCUT2D eigenvalue weighted by Gasteiger charge is -2.17. The predicted molar refractivity (Wildman–Crippen MR) is 69.2 cm³/mol. The van der Waals surface area contributed by atoms with E-state index in [0.717, 1.165) is 22.8 Å². The average Bonchev–Trinajstić information content (AvgIpc) is 2.31. The van der Waals surface area contributed by atoms with Crippen LogP contribution in [0.3, 0.4) is 0 Å². The minimum atomic E-state index is 0.194. The first-order valence-corrected chi connectivity index (χ1v) is 6.99. The van der Waals surface area contributed by atoms with Gasteiger partial charge in [0.05, 0.1) is 6.61 Å². The molecule has 1 N–H and O–H groups in total. The fraction of sp³-hybridized carbons (Fsp3) is 0.333. The molecular weight excluding hydrogens is 224 g/mol. The summed E-state index contributed by atoms with van der Waals surface area (Å²) in [4.78, 5) is 2.51. The van der Waals surface area contributed by atoms with Crippen LogP contribution in [0.2, 0.25) is 0 Å². The summed E-state index contributed by atoms with van der Waals surface area (Å²) in [5.41, 5.74) is 1.33. The Bertz CT molecular complexity index is 346. The van der Waals surface area contributed by atoms with E-state index >= 15 is 0 Å². The Morgan fingerprint density at radius 2 is 1.67 bits per heavy atom. The molecule has 1 aliphatic rings. The summed E-state index contributed by atoms with van der Waals surface area (Å²) in [6, 6.07) is 10.4. The number of hydrogen-bond donors (Lipinski definition) is 1. The highest BCUT2D eigenvalue weighted by Gasteiger charge is 2.13. The highest BCUT2D eigenvalue weighted by molar-refractivity contribution is 8.10. The van der Waals surface area contributed by atoms with Gasteiger partial charge in [-0.05, 0) is 5.56 Å². The summed E-state index contributed by atoms with van der Waals surface area (Å²) in [6.07, 6.45) is 0.967. The molecule has 1 nitrogen and oxygen atoms in total. The first-order valence-electron chi connectivity index (χ1n) is 5.02. The van der Waals surface area contributed by atoms with E-state index in [0.29, 0.717) is 0 Å². The van der Waals surface area contributed by atoms with E-state index in [9.17, 15) is 5.11 Å². The Kier molecular flexibility index (Phi) is 4.18. The van der Waals surface area contributed by atoms with E-state index in [1.54, 1.807) is 11.8 Å². The van der Waals surface area contributed by atoms with Crippen LogP contribution in [-0.4, -0.2) is 23.2 Å². The monoisotopic (exact) mass is 238 g/mol. The molecule has 3 heteroatoms. The third-order valence-electron chi connectivity index (χ3n) is 2.30. The van der Waals surface area contributed by atoms with Crippen molar-refractivity contribution in [2.24, 2.45) is 0 Å². The Morgan fingerprint density at radius 3 is 2.33 bits per heavy atom. The van der Waals surface area contributed by atoms with Crippen LogP contribution in [-0.2, 0) is 6.42 Å². The summed E-state index contributed by atoms with van der Waals surface area (Å²) >= 11 is 3.69. The van der Waals surface area contributed by atoms with Gasteiger partial charge < -0.3 is 5.11 Å². The molecule has 0 radical (unpaired) electrons. The van der Waals surface area contributed by atoms with Crippen LogP contribution in [0.25, 0.3) is 0 Å². The van der Waals surface area contributed by atoms with Crippen LogP contribution in [0.1, 0.15) is 5.56 Å². The van der Waals surface area contributed by atoms with E-state index in [1.165, 1.54) is 10.5 Å². The van der Waals surface area contributed by atoms with Crippen molar-refractivity contribution in [3.05, 3.63) is 45.7 Å². The second-order valence-electron chi connectivity index (χ2n) is 3.36. The van der Waals surface area contributed by atoms with Gasteiger partial charge in [0.1, 0.15) is 0 Å². The topological polar surface area (TPSA) is 20.2 Å². The molecule has 0 saturated carbocycles. The van der Waals surface area contributed by atoms with E-state index < -0.39 is 0 Å². The first kappa shape index (κ1) is 11.1. The minimum absolute atomic E-state index is 0.194. The van der Waals surface area contributed by atoms with Crippen molar-refractivity contribution < 1.29 is 5.11 Å². The summed E-state index contributed by atoms with van der Waals surface area (Å²) in [6.45, 7) is 0.194. The molecule has 80 valence electrons. The zero-order valence-corrected chi connectivity index (χ0v) is 10.1. The summed E-state index contributed by atoms with van der Waals surface area (Å²) < 4.78 is 0. The van der Waals surface area contributed by atoms with E-state index in [-0.39, 0.29) is 6.61 Å². The number of aliphatic hydroxyl groups excluding tert-OH is 1. The van der Waals surface area contributed by atoms with Crippen molar-refractivity contribution in [1.29, 1.82) is 0 Å². The molecule has 0 atom stereocenters. The van der Waals surface area contributed by atoms with Crippen LogP contribution in [0.5, 0.6) is 0 Å². The number of aliphatic hydroxyl groups is 1. The largest absolute Gasteiger partial charge is 0.391 e. The molecule has 0 unspecified atom stereocenters. The van der Waals surface area contributed by atoms with Crippen LogP contribution in [0.4, 0.5) is 0 Å². The van der Waals surface area contributed by atoms with Gasteiger partial charge in [-0.1, -0.05) is 30.3 Å². The standard InChI is InChI=1S/C12H14OS2/c13-9-12-11(14-6-7-15-12)8-10-4-2-1-3-5-10/h1-5,13H,6-9H2. The van der Waals surface area contributed by atoms with E-state index in [4.69, 9.17) is 0 Å². The van der Waals surface area contributed by atoms with Crippen LogP contribution in [0.15, 0.2) is 40.1 Å². The third-order valence-corrected chi connectivity index (χ3v) is 4.97. The molecule has 0 saturated heterocycles. The molecule has 1 aliphatic heterocycles. The van der Waals surface area contributed by atoms with Crippen molar-refractivity contribution in [3.8, 4) is 0 Å². The third kappa shape index (κ3) is 3.03. The molecule has 2 rings (SSSR count). The Balaban J connectivity index is 2.13. The maximum atomic E-state index is 9.25. The predicted octanol–water partition coefficient (Wildman–Crippen LogP) is 2.91. The van der Waals surface area contributed by atoms with Gasteiger partial charge in [0, 0.05) is 27.7 Å². The number of thioether (sulfide) groups is 2. The van der Waals surface area contributed by atoms with Crippen molar-refractivity contribution >= 4 is 23.5 Å². The van der Waals surface area contributed by atoms with Gasteiger partial charge in [-0.25, -0.2) is 0 Å². The second-order valence-corrected chi connectivity index (χ2v) is 5.74. The Hall–Kier alpha value is -0.380. The fourth-order valence-corrected chi connectivity index (χ4v) is 3.89. The molecule has 1 heterocycles. The number of hydrogen-bond acceptors (Lipinski definition) is 3. The van der Waals surface area contributed by atoms with Crippen molar-refractivity contribution in [2.45, 2.75) is 6.42 Å². The maximum absolute atomic E-state index is 9.25. The highest BCUT2D eigenvalue weighted by atomic mass is 32.2. The molecule has 0 aliphatic carbocycles. The van der Waals surface area contributed by atoms with Crippen LogP contribution < -0.4 is 0 Å². The molecular formula is C12H14OS2. The molecule has 0 bridgehead atoms. The molecule has 0 spiro atoms. The normalized spacial score (nSPS) is 16.9. The zero-order valence-electron chi connectivity index (χ0n) is 8.48. The average molecular weight is 238 g/mol. The van der Waals surface area contributed by atoms with Gasteiger partial charge >= 0.3 is 0 Å². The van der Waals surface area contributed by atoms with E-state index in [1.807, 2.05) is 17.8 Å². The summed E-state index contributed by atoms with van der Waals surface area (Å²) in [7, 11) is 0. The fourth-order valence-electron chi connectivity index (χ4n) is 1.56.